The zero-order valence-corrected chi connectivity index (χ0v) is 11.3. The predicted molar refractivity (Wildman–Crippen MR) is 73.6 cm³/mol. The van der Waals surface area contributed by atoms with E-state index in [0.717, 1.165) is 18.2 Å². The van der Waals surface area contributed by atoms with Crippen molar-refractivity contribution < 1.29 is 19.4 Å². The first-order chi connectivity index (χ1) is 9.34. The van der Waals surface area contributed by atoms with Crippen LogP contribution in [0.2, 0.25) is 0 Å². The van der Waals surface area contributed by atoms with Crippen molar-refractivity contribution in [3.05, 3.63) is 41.2 Å². The molecule has 0 bridgehead atoms. The Bertz CT molecular complexity index is 540. The average molecular weight is 279 g/mol. The zero-order valence-electron chi connectivity index (χ0n) is 11.3. The highest BCUT2D eigenvalue weighted by Crippen LogP contribution is 2.22. The molecule has 0 aliphatic carbocycles. The monoisotopic (exact) mass is 279 g/mol. The van der Waals surface area contributed by atoms with Crippen molar-refractivity contribution in [2.45, 2.75) is 25.5 Å². The maximum absolute atomic E-state index is 13.5. The molecule has 2 N–H and O–H groups in total. The van der Waals surface area contributed by atoms with Crippen LogP contribution in [0, 0.1) is 5.82 Å². The molecule has 0 amide bonds. The summed E-state index contributed by atoms with van der Waals surface area (Å²) in [6.07, 6.45) is 3.06. The van der Waals surface area contributed by atoms with Crippen LogP contribution in [-0.2, 0) is 11.3 Å². The number of halogens is 1. The van der Waals surface area contributed by atoms with Gasteiger partial charge < -0.3 is 10.2 Å². The van der Waals surface area contributed by atoms with E-state index in [1.807, 2.05) is 0 Å². The number of likely N-dealkylation sites (tertiary alicyclic amines) is 1. The molecular weight excluding hydrogens is 261 g/mol. The number of benzene rings is 1. The van der Waals surface area contributed by atoms with Crippen molar-refractivity contribution in [3.63, 3.8) is 0 Å². The van der Waals surface area contributed by atoms with Gasteiger partial charge in [0.2, 0.25) is 0 Å². The van der Waals surface area contributed by atoms with Gasteiger partial charge in [-0.1, -0.05) is 6.07 Å². The maximum Gasteiger partial charge on any atom is 0.328 e. The molecule has 108 valence electrons. The first-order valence-corrected chi connectivity index (χ1v) is 6.49. The number of aliphatic carboxylic acids is 1. The van der Waals surface area contributed by atoms with E-state index < -0.39 is 17.4 Å². The van der Waals surface area contributed by atoms with E-state index in [0.29, 0.717) is 25.1 Å². The summed E-state index contributed by atoms with van der Waals surface area (Å²) in [5, 5.41) is 18.5. The molecule has 1 aliphatic rings. The Morgan fingerprint density at radius 3 is 2.85 bits per heavy atom. The van der Waals surface area contributed by atoms with Crippen LogP contribution in [0.25, 0.3) is 6.08 Å². The lowest BCUT2D eigenvalue weighted by molar-refractivity contribution is -0.131. The highest BCUT2D eigenvalue weighted by molar-refractivity contribution is 5.85. The number of β-amino-alcohol motifs (C(OH)–C–C–N with tert-alkyl or cyclic N) is 1. The molecule has 1 atom stereocenters. The number of hydrogen-bond acceptors (Lipinski definition) is 3. The molecule has 0 aromatic heterocycles. The van der Waals surface area contributed by atoms with Crippen LogP contribution in [0.4, 0.5) is 4.39 Å². The molecule has 1 aromatic rings. The maximum atomic E-state index is 13.5. The van der Waals surface area contributed by atoms with Crippen LogP contribution in [0.1, 0.15) is 24.5 Å². The predicted octanol–water partition coefficient (Wildman–Crippen LogP) is 1.88. The van der Waals surface area contributed by atoms with E-state index in [1.54, 1.807) is 13.0 Å². The summed E-state index contributed by atoms with van der Waals surface area (Å²) in [4.78, 5) is 12.5. The standard InChI is InChI=1S/C15H18FNO3/c1-15(20)4-5-17(10-15)9-12-6-11(2-3-14(18)19)7-13(16)8-12/h2-3,6-8,20H,4-5,9-10H2,1H3,(H,18,19)/b3-2+. The number of nitrogens with zero attached hydrogens (tertiary/aromatic N) is 1. The molecule has 5 heteroatoms. The number of rotatable bonds is 4. The molecule has 1 saturated heterocycles. The molecule has 1 fully saturated rings. The topological polar surface area (TPSA) is 60.8 Å². The fraction of sp³-hybridized carbons (Fsp3) is 0.400. The summed E-state index contributed by atoms with van der Waals surface area (Å²) in [6, 6.07) is 4.49. The van der Waals surface area contributed by atoms with Gasteiger partial charge >= 0.3 is 5.97 Å². The van der Waals surface area contributed by atoms with Gasteiger partial charge in [0.1, 0.15) is 5.82 Å². The Morgan fingerprint density at radius 2 is 2.25 bits per heavy atom. The summed E-state index contributed by atoms with van der Waals surface area (Å²) in [5.41, 5.74) is 0.611. The number of carboxylic acids is 1. The molecule has 0 spiro atoms. The van der Waals surface area contributed by atoms with Gasteiger partial charge in [-0.15, -0.1) is 0 Å². The van der Waals surface area contributed by atoms with E-state index in [4.69, 9.17) is 5.11 Å². The quantitative estimate of drug-likeness (QED) is 0.826. The minimum absolute atomic E-state index is 0.390. The third-order valence-electron chi connectivity index (χ3n) is 3.34. The van der Waals surface area contributed by atoms with Crippen LogP contribution >= 0.6 is 0 Å². The van der Waals surface area contributed by atoms with Gasteiger partial charge in [0, 0.05) is 25.7 Å². The van der Waals surface area contributed by atoms with Crippen molar-refractivity contribution in [1.82, 2.24) is 4.90 Å². The third kappa shape index (κ3) is 4.15. The van der Waals surface area contributed by atoms with Crippen molar-refractivity contribution in [3.8, 4) is 0 Å². The second-order valence-electron chi connectivity index (χ2n) is 5.52. The molecule has 1 heterocycles. The molecule has 0 saturated carbocycles. The van der Waals surface area contributed by atoms with Crippen LogP contribution in [-0.4, -0.2) is 39.8 Å². The second-order valence-corrected chi connectivity index (χ2v) is 5.52. The van der Waals surface area contributed by atoms with Gasteiger partial charge in [-0.3, -0.25) is 4.90 Å². The van der Waals surface area contributed by atoms with Crippen LogP contribution in [0.3, 0.4) is 0 Å². The molecular formula is C15H18FNO3. The normalized spacial score (nSPS) is 23.6. The molecule has 1 aromatic carbocycles. The summed E-state index contributed by atoms with van der Waals surface area (Å²) >= 11 is 0. The van der Waals surface area contributed by atoms with E-state index in [2.05, 4.69) is 4.90 Å². The van der Waals surface area contributed by atoms with Gasteiger partial charge in [-0.2, -0.15) is 0 Å². The summed E-state index contributed by atoms with van der Waals surface area (Å²) in [7, 11) is 0. The van der Waals surface area contributed by atoms with E-state index in [1.165, 1.54) is 18.2 Å². The minimum atomic E-state index is -1.06. The van der Waals surface area contributed by atoms with Crippen molar-refractivity contribution in [2.24, 2.45) is 0 Å². The molecule has 2 rings (SSSR count). The first kappa shape index (κ1) is 14.7. The molecule has 1 aliphatic heterocycles. The lowest BCUT2D eigenvalue weighted by atomic mass is 10.1. The minimum Gasteiger partial charge on any atom is -0.478 e. The Balaban J connectivity index is 2.10. The number of carbonyl (C=O) groups is 1. The van der Waals surface area contributed by atoms with Crippen molar-refractivity contribution in [1.29, 1.82) is 0 Å². The number of aliphatic hydroxyl groups is 1. The summed E-state index contributed by atoms with van der Waals surface area (Å²) in [5.74, 6) is -1.45. The fourth-order valence-corrected chi connectivity index (χ4v) is 2.46. The lowest BCUT2D eigenvalue weighted by Crippen LogP contribution is -2.29. The smallest absolute Gasteiger partial charge is 0.328 e. The van der Waals surface area contributed by atoms with Gasteiger partial charge in [0.05, 0.1) is 5.60 Å². The van der Waals surface area contributed by atoms with Crippen LogP contribution in [0.15, 0.2) is 24.3 Å². The Hall–Kier alpha value is -1.72. The Morgan fingerprint density at radius 1 is 1.50 bits per heavy atom. The molecule has 0 radical (unpaired) electrons. The fourth-order valence-electron chi connectivity index (χ4n) is 2.46. The van der Waals surface area contributed by atoms with Gasteiger partial charge in [0.15, 0.2) is 0 Å². The summed E-state index contributed by atoms with van der Waals surface area (Å²) in [6.45, 7) is 3.66. The zero-order chi connectivity index (χ0) is 14.8. The molecule has 20 heavy (non-hydrogen) atoms. The lowest BCUT2D eigenvalue weighted by Gasteiger charge is -2.19. The first-order valence-electron chi connectivity index (χ1n) is 6.49. The highest BCUT2D eigenvalue weighted by atomic mass is 19.1. The number of hydrogen-bond donors (Lipinski definition) is 2. The van der Waals surface area contributed by atoms with E-state index in [-0.39, 0.29) is 0 Å². The van der Waals surface area contributed by atoms with Crippen molar-refractivity contribution in [2.75, 3.05) is 13.1 Å². The molecule has 4 nitrogen and oxygen atoms in total. The van der Waals surface area contributed by atoms with Gasteiger partial charge in [-0.25, -0.2) is 9.18 Å². The molecule has 1 unspecified atom stereocenters. The van der Waals surface area contributed by atoms with Gasteiger partial charge in [-0.05, 0) is 42.7 Å². The van der Waals surface area contributed by atoms with Gasteiger partial charge in [0.25, 0.3) is 0 Å². The SMILES string of the molecule is CC1(O)CCN(Cc2cc(F)cc(/C=C/C(=O)O)c2)C1. The Kier molecular flexibility index (Phi) is 4.20. The number of carboxylic acid groups (broad SMARTS) is 1. The van der Waals surface area contributed by atoms with E-state index >= 15 is 0 Å². The largest absolute Gasteiger partial charge is 0.478 e. The second kappa shape index (κ2) is 5.73. The summed E-state index contributed by atoms with van der Waals surface area (Å²) < 4.78 is 13.5. The van der Waals surface area contributed by atoms with E-state index in [9.17, 15) is 14.3 Å². The Labute approximate surface area is 117 Å². The van der Waals surface area contributed by atoms with Crippen LogP contribution < -0.4 is 0 Å². The average Bonchev–Trinajstić information content (AvgIpc) is 2.65. The van der Waals surface area contributed by atoms with Crippen molar-refractivity contribution >= 4 is 12.0 Å². The highest BCUT2D eigenvalue weighted by Gasteiger charge is 2.30. The van der Waals surface area contributed by atoms with Crippen LogP contribution in [0.5, 0.6) is 0 Å². The third-order valence-corrected chi connectivity index (χ3v) is 3.34.